The van der Waals surface area contributed by atoms with E-state index < -0.39 is 41.8 Å². The minimum atomic E-state index is -1.40. The number of aliphatic hydroxyl groups excluding tert-OH is 3. The molecule has 0 aliphatic carbocycles. The van der Waals surface area contributed by atoms with Gasteiger partial charge in [-0.3, -0.25) is 0 Å². The topological polar surface area (TPSA) is 167 Å². The number of ether oxygens (including phenoxy) is 6. The highest BCUT2D eigenvalue weighted by molar-refractivity contribution is 5.82. The van der Waals surface area contributed by atoms with Crippen molar-refractivity contribution in [3.05, 3.63) is 37.5 Å². The third-order valence-electron chi connectivity index (χ3n) is 3.99. The number of esters is 3. The Morgan fingerprint density at radius 3 is 2.03 bits per heavy atom. The molecule has 0 saturated heterocycles. The Morgan fingerprint density at radius 1 is 1.03 bits per heavy atom. The van der Waals surface area contributed by atoms with E-state index in [1.807, 2.05) is 0 Å². The second kappa shape index (κ2) is 15.3. The molecule has 12 heteroatoms. The van der Waals surface area contributed by atoms with Crippen LogP contribution in [0.5, 0.6) is 0 Å². The molecule has 0 radical (unpaired) electrons. The van der Waals surface area contributed by atoms with Crippen molar-refractivity contribution in [2.24, 2.45) is 0 Å². The minimum absolute atomic E-state index is 0.233. The van der Waals surface area contributed by atoms with E-state index in [9.17, 15) is 29.7 Å². The molecule has 0 aromatic carbocycles. The summed E-state index contributed by atoms with van der Waals surface area (Å²) in [7, 11) is 0. The lowest BCUT2D eigenvalue weighted by Crippen LogP contribution is -2.44. The SMILES string of the molecule is C=CC(=O)OCC(O)COCC1(COCC(O)COC(=O)C=C)/C=C\C(=O)OCC(O)CO1. The molecule has 33 heavy (non-hydrogen) atoms. The Labute approximate surface area is 191 Å². The molecule has 0 fully saturated rings. The first-order valence-corrected chi connectivity index (χ1v) is 9.97. The molecule has 0 saturated carbocycles. The van der Waals surface area contributed by atoms with Gasteiger partial charge in [-0.05, 0) is 6.08 Å². The highest BCUT2D eigenvalue weighted by Crippen LogP contribution is 2.18. The fraction of sp³-hybridized carbons (Fsp3) is 0.571. The molecule has 1 aliphatic rings. The molecule has 3 N–H and O–H groups in total. The molecule has 0 aromatic rings. The van der Waals surface area contributed by atoms with Gasteiger partial charge in [0, 0.05) is 18.2 Å². The Morgan fingerprint density at radius 2 is 1.55 bits per heavy atom. The molecule has 186 valence electrons. The van der Waals surface area contributed by atoms with Crippen LogP contribution in [0.1, 0.15) is 0 Å². The quantitative estimate of drug-likeness (QED) is 0.151. The second-order valence-electron chi connectivity index (χ2n) is 7.00. The Kier molecular flexibility index (Phi) is 13.1. The van der Waals surface area contributed by atoms with Gasteiger partial charge in [-0.25, -0.2) is 14.4 Å². The summed E-state index contributed by atoms with van der Waals surface area (Å²) in [5.41, 5.74) is -1.40. The highest BCUT2D eigenvalue weighted by atomic mass is 16.6. The summed E-state index contributed by atoms with van der Waals surface area (Å²) in [6, 6.07) is 0. The van der Waals surface area contributed by atoms with Gasteiger partial charge in [-0.15, -0.1) is 0 Å². The molecule has 1 aliphatic heterocycles. The van der Waals surface area contributed by atoms with Crippen LogP contribution in [0.15, 0.2) is 37.5 Å². The second-order valence-corrected chi connectivity index (χ2v) is 7.00. The van der Waals surface area contributed by atoms with Gasteiger partial charge in [0.1, 0.15) is 43.7 Å². The summed E-state index contributed by atoms with van der Waals surface area (Å²) in [6.45, 7) is 4.34. The van der Waals surface area contributed by atoms with Gasteiger partial charge >= 0.3 is 17.9 Å². The maximum Gasteiger partial charge on any atom is 0.330 e. The normalized spacial score (nSPS) is 23.6. The van der Waals surface area contributed by atoms with E-state index in [4.69, 9.17) is 28.4 Å². The molecule has 3 unspecified atom stereocenters. The first kappa shape index (κ1) is 28.4. The van der Waals surface area contributed by atoms with Gasteiger partial charge in [-0.1, -0.05) is 13.2 Å². The van der Waals surface area contributed by atoms with Crippen molar-refractivity contribution < 1.29 is 58.1 Å². The fourth-order valence-electron chi connectivity index (χ4n) is 2.33. The Balaban J connectivity index is 2.73. The molecule has 0 spiro atoms. The van der Waals surface area contributed by atoms with E-state index in [0.29, 0.717) is 0 Å². The van der Waals surface area contributed by atoms with Crippen LogP contribution in [0.3, 0.4) is 0 Å². The number of carbonyl (C=O) groups excluding carboxylic acids is 3. The standard InChI is InChI=1S/C21H30O12/c1-3-18(25)30-9-15(22)7-28-13-21(6-5-20(27)32-11-17(24)12-33-21)14-29-8-16(23)10-31-19(26)4-2/h3-6,15-17,22-24H,1-2,7-14H2/b6-5-. The maximum atomic E-state index is 11.8. The zero-order valence-corrected chi connectivity index (χ0v) is 18.1. The van der Waals surface area contributed by atoms with Gasteiger partial charge < -0.3 is 43.7 Å². The lowest BCUT2D eigenvalue weighted by atomic mass is 10.1. The number of aliphatic hydroxyl groups is 3. The summed E-state index contributed by atoms with van der Waals surface area (Å²) in [5, 5.41) is 29.7. The van der Waals surface area contributed by atoms with Crippen LogP contribution < -0.4 is 0 Å². The van der Waals surface area contributed by atoms with Crippen molar-refractivity contribution in [1.82, 2.24) is 0 Å². The van der Waals surface area contributed by atoms with Gasteiger partial charge in [0.25, 0.3) is 0 Å². The minimum Gasteiger partial charge on any atom is -0.460 e. The molecule has 0 aromatic heterocycles. The lowest BCUT2D eigenvalue weighted by Gasteiger charge is -2.31. The van der Waals surface area contributed by atoms with Crippen molar-refractivity contribution in [3.8, 4) is 0 Å². The molecular formula is C21H30O12. The largest absolute Gasteiger partial charge is 0.460 e. The Bertz CT molecular complexity index is 653. The van der Waals surface area contributed by atoms with Crippen molar-refractivity contribution >= 4 is 17.9 Å². The zero-order chi connectivity index (χ0) is 24.7. The van der Waals surface area contributed by atoms with E-state index in [1.54, 1.807) is 0 Å². The average Bonchev–Trinajstić information content (AvgIpc) is 2.87. The van der Waals surface area contributed by atoms with E-state index in [1.165, 1.54) is 6.08 Å². The monoisotopic (exact) mass is 474 g/mol. The molecular weight excluding hydrogens is 444 g/mol. The molecule has 1 rings (SSSR count). The zero-order valence-electron chi connectivity index (χ0n) is 18.1. The number of rotatable bonds is 14. The number of hydrogen-bond acceptors (Lipinski definition) is 12. The third-order valence-corrected chi connectivity index (χ3v) is 3.99. The van der Waals surface area contributed by atoms with E-state index in [0.717, 1.165) is 18.2 Å². The number of carbonyl (C=O) groups is 3. The van der Waals surface area contributed by atoms with Crippen molar-refractivity contribution in [2.45, 2.75) is 23.9 Å². The first-order chi connectivity index (χ1) is 15.7. The van der Waals surface area contributed by atoms with Crippen molar-refractivity contribution in [1.29, 1.82) is 0 Å². The highest BCUT2D eigenvalue weighted by Gasteiger charge is 2.32. The van der Waals surface area contributed by atoms with Crippen LogP contribution in [0.2, 0.25) is 0 Å². The summed E-state index contributed by atoms with van der Waals surface area (Å²) in [6.07, 6.45) is 0.895. The Hall–Kier alpha value is -2.61. The van der Waals surface area contributed by atoms with E-state index >= 15 is 0 Å². The van der Waals surface area contributed by atoms with Gasteiger partial charge in [-0.2, -0.15) is 0 Å². The van der Waals surface area contributed by atoms with Crippen LogP contribution >= 0.6 is 0 Å². The maximum absolute atomic E-state index is 11.8. The third kappa shape index (κ3) is 12.3. The van der Waals surface area contributed by atoms with Crippen molar-refractivity contribution in [2.75, 3.05) is 52.9 Å². The first-order valence-electron chi connectivity index (χ1n) is 9.97. The average molecular weight is 474 g/mol. The predicted octanol–water partition coefficient (Wildman–Crippen LogP) is -1.57. The molecule has 12 nitrogen and oxygen atoms in total. The van der Waals surface area contributed by atoms with Crippen LogP contribution in [-0.4, -0.2) is 110 Å². The predicted molar refractivity (Wildman–Crippen MR) is 111 cm³/mol. The molecule has 0 amide bonds. The van der Waals surface area contributed by atoms with E-state index in [2.05, 4.69) is 13.2 Å². The summed E-state index contributed by atoms with van der Waals surface area (Å²) in [4.78, 5) is 33.9. The molecule has 0 bridgehead atoms. The summed E-state index contributed by atoms with van der Waals surface area (Å²) in [5.74, 6) is -2.13. The van der Waals surface area contributed by atoms with Crippen LogP contribution in [-0.2, 0) is 42.8 Å². The summed E-state index contributed by atoms with van der Waals surface area (Å²) >= 11 is 0. The van der Waals surface area contributed by atoms with E-state index in [-0.39, 0.29) is 52.9 Å². The lowest BCUT2D eigenvalue weighted by molar-refractivity contribution is -0.154. The van der Waals surface area contributed by atoms with Gasteiger partial charge in [0.2, 0.25) is 0 Å². The van der Waals surface area contributed by atoms with Gasteiger partial charge in [0.05, 0.1) is 33.0 Å². The summed E-state index contributed by atoms with van der Waals surface area (Å²) < 4.78 is 30.9. The number of hydrogen-bond donors (Lipinski definition) is 3. The van der Waals surface area contributed by atoms with Gasteiger partial charge in [0.15, 0.2) is 0 Å². The van der Waals surface area contributed by atoms with Crippen LogP contribution in [0.4, 0.5) is 0 Å². The molecule has 1 heterocycles. The fourth-order valence-corrected chi connectivity index (χ4v) is 2.33. The van der Waals surface area contributed by atoms with Crippen LogP contribution in [0, 0.1) is 0 Å². The number of cyclic esters (lactones) is 1. The van der Waals surface area contributed by atoms with Crippen molar-refractivity contribution in [3.63, 3.8) is 0 Å². The van der Waals surface area contributed by atoms with Crippen LogP contribution in [0.25, 0.3) is 0 Å². The molecule has 3 atom stereocenters. The smallest absolute Gasteiger partial charge is 0.330 e.